The van der Waals surface area contributed by atoms with Crippen LogP contribution in [-0.4, -0.2) is 42.2 Å². The van der Waals surface area contributed by atoms with Crippen LogP contribution < -0.4 is 10.2 Å². The second-order valence-corrected chi connectivity index (χ2v) is 8.12. The van der Waals surface area contributed by atoms with Crippen molar-refractivity contribution in [2.75, 3.05) is 36.5 Å². The first-order valence-electron chi connectivity index (χ1n) is 9.27. The summed E-state index contributed by atoms with van der Waals surface area (Å²) in [6.45, 7) is 3.13. The number of hydrogen-bond acceptors (Lipinski definition) is 6. The monoisotopic (exact) mass is 424 g/mol. The number of carbonyl (C=O) groups is 1. The molecule has 1 saturated heterocycles. The number of anilines is 2. The van der Waals surface area contributed by atoms with E-state index in [1.54, 1.807) is 17.4 Å². The summed E-state index contributed by atoms with van der Waals surface area (Å²) in [5.41, 5.74) is 1.90. The van der Waals surface area contributed by atoms with Crippen LogP contribution in [0.3, 0.4) is 0 Å². The van der Waals surface area contributed by atoms with E-state index < -0.39 is 0 Å². The molecule has 2 aromatic carbocycles. The molecule has 4 aromatic rings. The lowest BCUT2D eigenvalue weighted by molar-refractivity contribution is 0.102. The number of ether oxygens (including phenoxy) is 1. The van der Waals surface area contributed by atoms with E-state index in [9.17, 15) is 4.79 Å². The molecule has 0 atom stereocenters. The van der Waals surface area contributed by atoms with Crippen molar-refractivity contribution in [3.05, 3.63) is 59.4 Å². The molecule has 3 heterocycles. The highest BCUT2D eigenvalue weighted by molar-refractivity contribution is 7.22. The molecule has 0 unspecified atom stereocenters. The van der Waals surface area contributed by atoms with Crippen molar-refractivity contribution in [2.24, 2.45) is 0 Å². The predicted molar refractivity (Wildman–Crippen MR) is 117 cm³/mol. The highest BCUT2D eigenvalue weighted by atomic mass is 35.5. The lowest BCUT2D eigenvalue weighted by atomic mass is 10.1. The van der Waals surface area contributed by atoms with Crippen LogP contribution in [0.2, 0.25) is 5.15 Å². The second kappa shape index (κ2) is 7.59. The number of aromatic nitrogens is 2. The highest BCUT2D eigenvalue weighted by Crippen LogP contribution is 2.31. The molecule has 0 saturated carbocycles. The number of halogens is 1. The fraction of sp³-hybridized carbons (Fsp3) is 0.190. The summed E-state index contributed by atoms with van der Waals surface area (Å²) in [7, 11) is 0. The normalized spacial score (nSPS) is 14.4. The summed E-state index contributed by atoms with van der Waals surface area (Å²) in [6, 6.07) is 15.1. The summed E-state index contributed by atoms with van der Waals surface area (Å²) in [5, 5.41) is 5.92. The van der Waals surface area contributed by atoms with Crippen LogP contribution in [0.4, 0.5) is 10.8 Å². The molecule has 1 aliphatic heterocycles. The smallest absolute Gasteiger partial charge is 0.274 e. The van der Waals surface area contributed by atoms with E-state index in [2.05, 4.69) is 15.2 Å². The van der Waals surface area contributed by atoms with Gasteiger partial charge in [-0.3, -0.25) is 4.79 Å². The van der Waals surface area contributed by atoms with Gasteiger partial charge in [-0.05, 0) is 29.7 Å². The Hall–Kier alpha value is -2.74. The number of rotatable bonds is 3. The number of amides is 1. The van der Waals surface area contributed by atoms with Crippen molar-refractivity contribution in [1.82, 2.24) is 9.97 Å². The third kappa shape index (κ3) is 3.64. The zero-order chi connectivity index (χ0) is 19.8. The van der Waals surface area contributed by atoms with Gasteiger partial charge >= 0.3 is 0 Å². The molecule has 6 nitrogen and oxygen atoms in total. The van der Waals surface area contributed by atoms with E-state index >= 15 is 0 Å². The molecule has 0 spiro atoms. The van der Waals surface area contributed by atoms with E-state index in [1.807, 2.05) is 42.5 Å². The third-order valence-corrected chi connectivity index (χ3v) is 6.21. The molecule has 1 fully saturated rings. The van der Waals surface area contributed by atoms with E-state index in [4.69, 9.17) is 21.3 Å². The van der Waals surface area contributed by atoms with Crippen LogP contribution in [0.15, 0.2) is 48.5 Å². The maximum absolute atomic E-state index is 12.7. The first kappa shape index (κ1) is 18.3. The quantitative estimate of drug-likeness (QED) is 0.487. The van der Waals surface area contributed by atoms with Crippen molar-refractivity contribution in [2.45, 2.75) is 0 Å². The summed E-state index contributed by atoms with van der Waals surface area (Å²) in [5.74, 6) is -0.296. The first-order chi connectivity index (χ1) is 14.2. The molecule has 1 aliphatic rings. The number of morpholine rings is 1. The standard InChI is InChI=1S/C21H17ClN4O2S/c22-19-15-4-2-1-3-13(15)11-17(24-19)20(27)23-14-5-6-16-18(12-14)29-21(25-16)26-7-9-28-10-8-26/h1-6,11-12H,7-10H2,(H,23,27). The molecule has 8 heteroatoms. The minimum atomic E-state index is -0.296. The minimum absolute atomic E-state index is 0.284. The van der Waals surface area contributed by atoms with Gasteiger partial charge in [-0.1, -0.05) is 47.2 Å². The topological polar surface area (TPSA) is 67.4 Å². The van der Waals surface area contributed by atoms with Crippen LogP contribution >= 0.6 is 22.9 Å². The minimum Gasteiger partial charge on any atom is -0.378 e. The molecule has 5 rings (SSSR count). The Bertz CT molecular complexity index is 1220. The lowest BCUT2D eigenvalue weighted by Crippen LogP contribution is -2.36. The number of hydrogen-bond donors (Lipinski definition) is 1. The van der Waals surface area contributed by atoms with Crippen molar-refractivity contribution < 1.29 is 9.53 Å². The molecule has 2 aromatic heterocycles. The fourth-order valence-corrected chi connectivity index (χ4v) is 4.67. The third-order valence-electron chi connectivity index (χ3n) is 4.84. The summed E-state index contributed by atoms with van der Waals surface area (Å²) in [6.07, 6.45) is 0. The van der Waals surface area contributed by atoms with Gasteiger partial charge in [0.25, 0.3) is 5.91 Å². The van der Waals surface area contributed by atoms with Crippen LogP contribution in [-0.2, 0) is 4.74 Å². The Morgan fingerprint density at radius 1 is 1.10 bits per heavy atom. The Kier molecular flexibility index (Phi) is 4.79. The van der Waals surface area contributed by atoms with Crippen molar-refractivity contribution in [3.63, 3.8) is 0 Å². The van der Waals surface area contributed by atoms with Gasteiger partial charge < -0.3 is 15.0 Å². The number of nitrogens with one attached hydrogen (secondary N) is 1. The van der Waals surface area contributed by atoms with Gasteiger partial charge in [0.2, 0.25) is 0 Å². The van der Waals surface area contributed by atoms with Gasteiger partial charge in [-0.2, -0.15) is 0 Å². The molecule has 0 radical (unpaired) electrons. The molecule has 146 valence electrons. The van der Waals surface area contributed by atoms with Crippen LogP contribution in [0.25, 0.3) is 21.0 Å². The zero-order valence-corrected chi connectivity index (χ0v) is 17.0. The van der Waals surface area contributed by atoms with E-state index in [-0.39, 0.29) is 11.6 Å². The van der Waals surface area contributed by atoms with Gasteiger partial charge in [-0.15, -0.1) is 0 Å². The molecular weight excluding hydrogens is 408 g/mol. The molecule has 0 bridgehead atoms. The van der Waals surface area contributed by atoms with Gasteiger partial charge in [0, 0.05) is 24.2 Å². The largest absolute Gasteiger partial charge is 0.378 e. The van der Waals surface area contributed by atoms with Gasteiger partial charge in [-0.25, -0.2) is 9.97 Å². The number of pyridine rings is 1. The average molecular weight is 425 g/mol. The van der Waals surface area contributed by atoms with Gasteiger partial charge in [0.15, 0.2) is 5.13 Å². The molecule has 1 amide bonds. The van der Waals surface area contributed by atoms with Crippen LogP contribution in [0.1, 0.15) is 10.5 Å². The van der Waals surface area contributed by atoms with Gasteiger partial charge in [0.05, 0.1) is 23.4 Å². The summed E-state index contributed by atoms with van der Waals surface area (Å²) < 4.78 is 6.43. The Balaban J connectivity index is 1.40. The zero-order valence-electron chi connectivity index (χ0n) is 15.4. The van der Waals surface area contributed by atoms with Gasteiger partial charge in [0.1, 0.15) is 10.8 Å². The van der Waals surface area contributed by atoms with Crippen molar-refractivity contribution in [3.8, 4) is 0 Å². The molecule has 0 aliphatic carbocycles. The van der Waals surface area contributed by atoms with Crippen LogP contribution in [0.5, 0.6) is 0 Å². The summed E-state index contributed by atoms with van der Waals surface area (Å²) in [4.78, 5) is 23.9. The van der Waals surface area contributed by atoms with Crippen molar-refractivity contribution >= 4 is 60.7 Å². The average Bonchev–Trinajstić information content (AvgIpc) is 3.18. The van der Waals surface area contributed by atoms with Crippen molar-refractivity contribution in [1.29, 1.82) is 0 Å². The van der Waals surface area contributed by atoms with E-state index in [0.29, 0.717) is 10.8 Å². The second-order valence-electron chi connectivity index (χ2n) is 6.75. The van der Waals surface area contributed by atoms with E-state index in [0.717, 1.165) is 52.4 Å². The Morgan fingerprint density at radius 3 is 2.79 bits per heavy atom. The maximum Gasteiger partial charge on any atom is 0.274 e. The predicted octanol–water partition coefficient (Wildman–Crippen LogP) is 4.59. The first-order valence-corrected chi connectivity index (χ1v) is 10.5. The lowest BCUT2D eigenvalue weighted by Gasteiger charge is -2.25. The number of carbonyl (C=O) groups excluding carboxylic acids is 1. The highest BCUT2D eigenvalue weighted by Gasteiger charge is 2.16. The van der Waals surface area contributed by atoms with Crippen LogP contribution in [0, 0.1) is 0 Å². The number of thiazole rings is 1. The van der Waals surface area contributed by atoms with E-state index in [1.165, 1.54) is 0 Å². The maximum atomic E-state index is 12.7. The molecule has 29 heavy (non-hydrogen) atoms. The summed E-state index contributed by atoms with van der Waals surface area (Å²) >= 11 is 7.87. The Labute approximate surface area is 176 Å². The molecular formula is C21H17ClN4O2S. The number of nitrogens with zero attached hydrogens (tertiary/aromatic N) is 3. The Morgan fingerprint density at radius 2 is 1.93 bits per heavy atom. The fourth-order valence-electron chi connectivity index (χ4n) is 3.35. The molecule has 1 N–H and O–H groups in total. The number of fused-ring (bicyclic) bond motifs is 2. The SMILES string of the molecule is O=C(Nc1ccc2nc(N3CCOCC3)sc2c1)c1cc2ccccc2c(Cl)n1. The number of benzene rings is 2.